The molecule has 1 unspecified atom stereocenters. The van der Waals surface area contributed by atoms with Gasteiger partial charge in [0.05, 0.1) is 0 Å². The van der Waals surface area contributed by atoms with Crippen molar-refractivity contribution in [1.82, 2.24) is 0 Å². The Bertz CT molecular complexity index is 157. The molecule has 0 aromatic rings. The average molecular weight is 212 g/mol. The fourth-order valence-electron chi connectivity index (χ4n) is 2.55. The van der Waals surface area contributed by atoms with Crippen LogP contribution in [0.15, 0.2) is 0 Å². The van der Waals surface area contributed by atoms with Crippen molar-refractivity contribution in [2.75, 3.05) is 0 Å². The van der Waals surface area contributed by atoms with E-state index in [4.69, 9.17) is 0 Å². The van der Waals surface area contributed by atoms with Gasteiger partial charge in [0, 0.05) is 0 Å². The van der Waals surface area contributed by atoms with Crippen LogP contribution in [0.1, 0.15) is 68.2 Å². The molecule has 0 aliphatic heterocycles. The molecule has 0 amide bonds. The lowest BCUT2D eigenvalue weighted by molar-refractivity contribution is 0.0821. The molecule has 0 bridgehead atoms. The number of hydrogen-bond donors (Lipinski definition) is 0. The summed E-state index contributed by atoms with van der Waals surface area (Å²) in [7, 11) is 0. The molecule has 15 heavy (non-hydrogen) atoms. The summed E-state index contributed by atoms with van der Waals surface area (Å²) in [5.74, 6) is 3.28. The Labute approximate surface area is 97.8 Å². The Morgan fingerprint density at radius 1 is 0.867 bits per heavy atom. The Kier molecular flexibility index (Phi) is 5.92. The minimum atomic E-state index is 0.505. The third-order valence-electron chi connectivity index (χ3n) is 4.81. The molecular weight excluding hydrogens is 180 g/mol. The molecule has 0 aliphatic carbocycles. The zero-order chi connectivity index (χ0) is 12.2. The summed E-state index contributed by atoms with van der Waals surface area (Å²) in [6.07, 6.45) is 2.71. The second-order valence-corrected chi connectivity index (χ2v) is 6.43. The van der Waals surface area contributed by atoms with E-state index in [-0.39, 0.29) is 0 Å². The van der Waals surface area contributed by atoms with Crippen LogP contribution in [0.25, 0.3) is 0 Å². The van der Waals surface area contributed by atoms with Gasteiger partial charge in [-0.15, -0.1) is 0 Å². The summed E-state index contributed by atoms with van der Waals surface area (Å²) >= 11 is 0. The lowest BCUT2D eigenvalue weighted by Crippen LogP contribution is -2.33. The van der Waals surface area contributed by atoms with Gasteiger partial charge in [0.25, 0.3) is 0 Å². The first kappa shape index (κ1) is 15.0. The van der Waals surface area contributed by atoms with Crippen LogP contribution in [0.5, 0.6) is 0 Å². The fraction of sp³-hybridized carbons (Fsp3) is 1.00. The normalized spacial score (nSPS) is 15.4. The number of rotatable bonds is 6. The van der Waals surface area contributed by atoms with Gasteiger partial charge in [-0.25, -0.2) is 0 Å². The van der Waals surface area contributed by atoms with Gasteiger partial charge in [-0.1, -0.05) is 61.8 Å². The van der Waals surface area contributed by atoms with Crippen LogP contribution in [0, 0.1) is 29.1 Å². The molecule has 92 valence electrons. The van der Waals surface area contributed by atoms with E-state index in [1.165, 1.54) is 12.8 Å². The Morgan fingerprint density at radius 3 is 1.47 bits per heavy atom. The molecule has 0 heteroatoms. The maximum absolute atomic E-state index is 2.48. The third kappa shape index (κ3) is 3.81. The maximum atomic E-state index is 2.48. The van der Waals surface area contributed by atoms with Crippen LogP contribution >= 0.6 is 0 Å². The van der Waals surface area contributed by atoms with E-state index in [2.05, 4.69) is 55.4 Å². The van der Waals surface area contributed by atoms with Crippen LogP contribution in [0.3, 0.4) is 0 Å². The maximum Gasteiger partial charge on any atom is -0.0277 e. The molecule has 0 saturated heterocycles. The molecule has 0 spiro atoms. The monoisotopic (exact) mass is 212 g/mol. The zero-order valence-corrected chi connectivity index (χ0v) is 12.2. The number of hydrogen-bond acceptors (Lipinski definition) is 0. The van der Waals surface area contributed by atoms with Crippen molar-refractivity contribution in [2.24, 2.45) is 29.1 Å². The molecule has 0 aliphatic rings. The molecule has 0 saturated carbocycles. The van der Waals surface area contributed by atoms with Crippen molar-refractivity contribution >= 4 is 0 Å². The predicted molar refractivity (Wildman–Crippen MR) is 71.0 cm³/mol. The average Bonchev–Trinajstić information content (AvgIpc) is 2.12. The van der Waals surface area contributed by atoms with E-state index in [0.29, 0.717) is 5.41 Å². The summed E-state index contributed by atoms with van der Waals surface area (Å²) in [5.41, 5.74) is 0.505. The first-order valence-electron chi connectivity index (χ1n) is 6.75. The second-order valence-electron chi connectivity index (χ2n) is 6.43. The van der Waals surface area contributed by atoms with E-state index in [1.54, 1.807) is 0 Å². The van der Waals surface area contributed by atoms with Gasteiger partial charge in [0.1, 0.15) is 0 Å². The van der Waals surface area contributed by atoms with Crippen molar-refractivity contribution in [2.45, 2.75) is 68.2 Å². The molecule has 0 heterocycles. The van der Waals surface area contributed by atoms with E-state index in [1.807, 2.05) is 0 Å². The van der Waals surface area contributed by atoms with Gasteiger partial charge in [-0.3, -0.25) is 0 Å². The molecule has 0 N–H and O–H groups in total. The van der Waals surface area contributed by atoms with E-state index in [0.717, 1.165) is 23.7 Å². The van der Waals surface area contributed by atoms with Crippen LogP contribution < -0.4 is 0 Å². The standard InChI is InChI=1S/C15H32/c1-9-14(11(2)3)10-15(8,12(4)5)13(6)7/h11-14H,9-10H2,1-8H3. The highest BCUT2D eigenvalue weighted by Crippen LogP contribution is 2.43. The van der Waals surface area contributed by atoms with Gasteiger partial charge >= 0.3 is 0 Å². The summed E-state index contributed by atoms with van der Waals surface area (Å²) in [4.78, 5) is 0. The van der Waals surface area contributed by atoms with Gasteiger partial charge in [-0.05, 0) is 35.5 Å². The van der Waals surface area contributed by atoms with Crippen molar-refractivity contribution in [3.05, 3.63) is 0 Å². The second kappa shape index (κ2) is 5.92. The van der Waals surface area contributed by atoms with Gasteiger partial charge < -0.3 is 0 Å². The lowest BCUT2D eigenvalue weighted by Gasteiger charge is -2.41. The Morgan fingerprint density at radius 2 is 1.27 bits per heavy atom. The minimum Gasteiger partial charge on any atom is -0.0651 e. The zero-order valence-electron chi connectivity index (χ0n) is 12.2. The van der Waals surface area contributed by atoms with Crippen LogP contribution in [-0.4, -0.2) is 0 Å². The summed E-state index contributed by atoms with van der Waals surface area (Å²) in [5, 5.41) is 0. The van der Waals surface area contributed by atoms with E-state index >= 15 is 0 Å². The fourth-order valence-corrected chi connectivity index (χ4v) is 2.55. The van der Waals surface area contributed by atoms with Crippen molar-refractivity contribution < 1.29 is 0 Å². The first-order valence-corrected chi connectivity index (χ1v) is 6.75. The van der Waals surface area contributed by atoms with Gasteiger partial charge in [0.15, 0.2) is 0 Å². The van der Waals surface area contributed by atoms with Crippen molar-refractivity contribution in [1.29, 1.82) is 0 Å². The predicted octanol–water partition coefficient (Wildman–Crippen LogP) is 5.38. The Hall–Kier alpha value is 0. The van der Waals surface area contributed by atoms with Crippen LogP contribution in [-0.2, 0) is 0 Å². The van der Waals surface area contributed by atoms with Crippen molar-refractivity contribution in [3.63, 3.8) is 0 Å². The lowest BCUT2D eigenvalue weighted by atomic mass is 9.64. The largest absolute Gasteiger partial charge is 0.0651 e. The molecule has 0 fully saturated rings. The quantitative estimate of drug-likeness (QED) is 0.554. The first-order chi connectivity index (χ1) is 6.75. The molecule has 0 rings (SSSR count). The van der Waals surface area contributed by atoms with Crippen LogP contribution in [0.4, 0.5) is 0 Å². The summed E-state index contributed by atoms with van der Waals surface area (Å²) < 4.78 is 0. The molecule has 0 aromatic heterocycles. The van der Waals surface area contributed by atoms with Crippen molar-refractivity contribution in [3.8, 4) is 0 Å². The molecule has 0 nitrogen and oxygen atoms in total. The minimum absolute atomic E-state index is 0.505. The third-order valence-corrected chi connectivity index (χ3v) is 4.81. The van der Waals surface area contributed by atoms with Gasteiger partial charge in [-0.2, -0.15) is 0 Å². The summed E-state index contributed by atoms with van der Waals surface area (Å²) in [6.45, 7) is 19.1. The molecule has 0 radical (unpaired) electrons. The highest BCUT2D eigenvalue weighted by molar-refractivity contribution is 4.84. The topological polar surface area (TPSA) is 0 Å². The summed E-state index contributed by atoms with van der Waals surface area (Å²) in [6, 6.07) is 0. The smallest absolute Gasteiger partial charge is 0.0277 e. The van der Waals surface area contributed by atoms with Gasteiger partial charge in [0.2, 0.25) is 0 Å². The molecular formula is C15H32. The van der Waals surface area contributed by atoms with E-state index < -0.39 is 0 Å². The van der Waals surface area contributed by atoms with Crippen LogP contribution in [0.2, 0.25) is 0 Å². The van der Waals surface area contributed by atoms with E-state index in [9.17, 15) is 0 Å². The molecule has 0 aromatic carbocycles. The Balaban J connectivity index is 4.67. The SMILES string of the molecule is CCC(CC(C)(C(C)C)C(C)C)C(C)C. The highest BCUT2D eigenvalue weighted by atomic mass is 14.4. The highest BCUT2D eigenvalue weighted by Gasteiger charge is 2.34. The molecule has 1 atom stereocenters.